The maximum Gasteiger partial charge on any atom is 0.309 e. The second-order valence-electron chi connectivity index (χ2n) is 2.85. The fourth-order valence-corrected chi connectivity index (χ4v) is 1.31. The van der Waals surface area contributed by atoms with Crippen molar-refractivity contribution in [1.29, 1.82) is 5.26 Å². The van der Waals surface area contributed by atoms with E-state index in [1.54, 1.807) is 6.07 Å². The summed E-state index contributed by atoms with van der Waals surface area (Å²) in [6, 6.07) is 2.47. The van der Waals surface area contributed by atoms with Gasteiger partial charge in [-0.1, -0.05) is 11.6 Å². The van der Waals surface area contributed by atoms with E-state index in [2.05, 4.69) is 4.98 Å². The summed E-state index contributed by atoms with van der Waals surface area (Å²) in [6.45, 7) is 0. The van der Waals surface area contributed by atoms with Gasteiger partial charge in [0.05, 0.1) is 23.2 Å². The molecule has 0 unspecified atom stereocenters. The van der Waals surface area contributed by atoms with Crippen molar-refractivity contribution in [3.8, 4) is 6.07 Å². The summed E-state index contributed by atoms with van der Waals surface area (Å²) in [6.07, 6.45) is -3.39. The Hall–Kier alpha value is -1.74. The highest BCUT2D eigenvalue weighted by molar-refractivity contribution is 6.30. The molecule has 0 radical (unpaired) electrons. The van der Waals surface area contributed by atoms with Crippen LogP contribution in [0.4, 0.5) is 8.78 Å². The van der Waals surface area contributed by atoms with Crippen molar-refractivity contribution >= 4 is 17.6 Å². The lowest BCUT2D eigenvalue weighted by molar-refractivity contribution is -0.136. The Bertz CT molecular complexity index is 471. The second kappa shape index (κ2) is 4.86. The highest BCUT2D eigenvalue weighted by atomic mass is 35.5. The quantitative estimate of drug-likeness (QED) is 0.830. The van der Waals surface area contributed by atoms with Crippen LogP contribution in [0.2, 0.25) is 5.15 Å². The van der Waals surface area contributed by atoms with Gasteiger partial charge in [0, 0.05) is 0 Å². The minimum Gasteiger partial charge on any atom is -0.481 e. The zero-order valence-electron chi connectivity index (χ0n) is 7.75. The second-order valence-corrected chi connectivity index (χ2v) is 3.20. The standard InChI is InChI=1S/C9H5ClF2N2O2/c10-8-5(9(11)12)1-4(3-13)6(14-8)2-7(15)16/h1,9H,2H2,(H,15,16). The molecule has 0 saturated heterocycles. The third-order valence-corrected chi connectivity index (χ3v) is 2.06. The van der Waals surface area contributed by atoms with Crippen LogP contribution >= 0.6 is 11.6 Å². The fourth-order valence-electron chi connectivity index (χ4n) is 1.07. The number of aliphatic carboxylic acids is 1. The normalized spacial score (nSPS) is 10.2. The monoisotopic (exact) mass is 246 g/mol. The van der Waals surface area contributed by atoms with Crippen LogP contribution in [0.15, 0.2) is 6.07 Å². The van der Waals surface area contributed by atoms with Crippen LogP contribution in [0.1, 0.15) is 23.2 Å². The number of alkyl halides is 2. The molecule has 4 nitrogen and oxygen atoms in total. The molecule has 84 valence electrons. The molecule has 0 saturated carbocycles. The third kappa shape index (κ3) is 2.64. The predicted octanol–water partition coefficient (Wildman–Crippen LogP) is 2.17. The minimum atomic E-state index is -2.86. The Morgan fingerprint density at radius 3 is 2.75 bits per heavy atom. The van der Waals surface area contributed by atoms with Gasteiger partial charge in [0.25, 0.3) is 6.43 Å². The van der Waals surface area contributed by atoms with Gasteiger partial charge in [-0.2, -0.15) is 5.26 Å². The van der Waals surface area contributed by atoms with E-state index >= 15 is 0 Å². The first-order valence-corrected chi connectivity index (χ1v) is 4.43. The van der Waals surface area contributed by atoms with E-state index in [4.69, 9.17) is 22.0 Å². The van der Waals surface area contributed by atoms with E-state index in [0.29, 0.717) is 0 Å². The van der Waals surface area contributed by atoms with Crippen LogP contribution in [0, 0.1) is 11.3 Å². The lowest BCUT2D eigenvalue weighted by Gasteiger charge is -2.06. The maximum atomic E-state index is 12.4. The van der Waals surface area contributed by atoms with Crippen molar-refractivity contribution in [2.24, 2.45) is 0 Å². The van der Waals surface area contributed by atoms with Gasteiger partial charge in [0.15, 0.2) is 0 Å². The summed E-state index contributed by atoms with van der Waals surface area (Å²) in [5.41, 5.74) is -0.904. The molecular formula is C9H5ClF2N2O2. The molecule has 1 aromatic rings. The molecule has 16 heavy (non-hydrogen) atoms. The van der Waals surface area contributed by atoms with Crippen LogP contribution < -0.4 is 0 Å². The Kier molecular flexibility index (Phi) is 3.74. The molecule has 0 aromatic carbocycles. The van der Waals surface area contributed by atoms with Crippen molar-refractivity contribution in [2.75, 3.05) is 0 Å². The summed E-state index contributed by atoms with van der Waals surface area (Å²) in [5.74, 6) is -1.22. The molecule has 1 rings (SSSR count). The van der Waals surface area contributed by atoms with Crippen LogP contribution in [0.3, 0.4) is 0 Å². The molecule has 0 aliphatic heterocycles. The first-order valence-electron chi connectivity index (χ1n) is 4.05. The molecular weight excluding hydrogens is 242 g/mol. The van der Waals surface area contributed by atoms with Gasteiger partial charge in [0.2, 0.25) is 0 Å². The highest BCUT2D eigenvalue weighted by Gasteiger charge is 2.18. The van der Waals surface area contributed by atoms with Gasteiger partial charge in [-0.05, 0) is 6.07 Å². The smallest absolute Gasteiger partial charge is 0.309 e. The van der Waals surface area contributed by atoms with Gasteiger partial charge < -0.3 is 5.11 Å². The van der Waals surface area contributed by atoms with Gasteiger partial charge >= 0.3 is 5.97 Å². The van der Waals surface area contributed by atoms with E-state index < -0.39 is 29.5 Å². The van der Waals surface area contributed by atoms with Gasteiger partial charge in [0.1, 0.15) is 11.2 Å². The highest BCUT2D eigenvalue weighted by Crippen LogP contribution is 2.27. The van der Waals surface area contributed by atoms with Crippen LogP contribution in [0.25, 0.3) is 0 Å². The van der Waals surface area contributed by atoms with Gasteiger partial charge in [-0.15, -0.1) is 0 Å². The molecule has 1 heterocycles. The SMILES string of the molecule is N#Cc1cc(C(F)F)c(Cl)nc1CC(=O)O. The topological polar surface area (TPSA) is 74.0 Å². The van der Waals surface area contributed by atoms with E-state index in [9.17, 15) is 13.6 Å². The Balaban J connectivity index is 3.27. The third-order valence-electron chi connectivity index (χ3n) is 1.76. The maximum absolute atomic E-state index is 12.4. The number of nitriles is 1. The first kappa shape index (κ1) is 12.3. The van der Waals surface area contributed by atoms with Gasteiger partial charge in [-0.25, -0.2) is 13.8 Å². The number of halogens is 3. The molecule has 0 aliphatic rings. The molecule has 0 aliphatic carbocycles. The van der Waals surface area contributed by atoms with E-state index in [1.165, 1.54) is 0 Å². The molecule has 0 amide bonds. The molecule has 7 heteroatoms. The number of rotatable bonds is 3. The summed E-state index contributed by atoms with van der Waals surface area (Å²) in [5, 5.41) is 16.7. The summed E-state index contributed by atoms with van der Waals surface area (Å²) in [7, 11) is 0. The zero-order chi connectivity index (χ0) is 12.3. The number of carboxylic acid groups (broad SMARTS) is 1. The lowest BCUT2D eigenvalue weighted by Crippen LogP contribution is -2.06. The molecule has 1 aromatic heterocycles. The molecule has 0 atom stereocenters. The van der Waals surface area contributed by atoms with Crippen molar-refractivity contribution in [3.63, 3.8) is 0 Å². The summed E-state index contributed by atoms with van der Waals surface area (Å²) in [4.78, 5) is 13.9. The van der Waals surface area contributed by atoms with Crippen molar-refractivity contribution < 1.29 is 18.7 Å². The molecule has 0 fully saturated rings. The van der Waals surface area contributed by atoms with Crippen LogP contribution in [-0.4, -0.2) is 16.1 Å². The summed E-state index contributed by atoms with van der Waals surface area (Å²) >= 11 is 5.44. The molecule has 1 N–H and O–H groups in total. The fraction of sp³-hybridized carbons (Fsp3) is 0.222. The predicted molar refractivity (Wildman–Crippen MR) is 50.3 cm³/mol. The van der Waals surface area contributed by atoms with E-state index in [-0.39, 0.29) is 11.3 Å². The molecule has 0 spiro atoms. The number of nitrogens with zero attached hydrogens (tertiary/aromatic N) is 2. The lowest BCUT2D eigenvalue weighted by atomic mass is 10.1. The number of pyridine rings is 1. The number of aromatic nitrogens is 1. The average molecular weight is 247 g/mol. The molecule has 0 bridgehead atoms. The number of hydrogen-bond acceptors (Lipinski definition) is 3. The number of carboxylic acids is 1. The van der Waals surface area contributed by atoms with E-state index in [1.807, 2.05) is 0 Å². The van der Waals surface area contributed by atoms with Crippen LogP contribution in [0.5, 0.6) is 0 Å². The Morgan fingerprint density at radius 1 is 1.69 bits per heavy atom. The first-order chi connectivity index (χ1) is 7.45. The number of hydrogen-bond donors (Lipinski definition) is 1. The van der Waals surface area contributed by atoms with Crippen LogP contribution in [-0.2, 0) is 11.2 Å². The van der Waals surface area contributed by atoms with Gasteiger partial charge in [-0.3, -0.25) is 4.79 Å². The minimum absolute atomic E-state index is 0.121. The van der Waals surface area contributed by atoms with Crippen molar-refractivity contribution in [1.82, 2.24) is 4.98 Å². The average Bonchev–Trinajstić information content (AvgIpc) is 2.16. The Morgan fingerprint density at radius 2 is 2.31 bits per heavy atom. The van der Waals surface area contributed by atoms with Crippen molar-refractivity contribution in [2.45, 2.75) is 12.8 Å². The Labute approximate surface area is 94.1 Å². The zero-order valence-corrected chi connectivity index (χ0v) is 8.50. The van der Waals surface area contributed by atoms with E-state index in [0.717, 1.165) is 6.07 Å². The number of carbonyl (C=O) groups is 1. The largest absolute Gasteiger partial charge is 0.481 e. The summed E-state index contributed by atoms with van der Waals surface area (Å²) < 4.78 is 24.8. The van der Waals surface area contributed by atoms with Crippen molar-refractivity contribution in [3.05, 3.63) is 28.0 Å².